The van der Waals surface area contributed by atoms with Gasteiger partial charge in [-0.05, 0) is 19.2 Å². The van der Waals surface area contributed by atoms with Gasteiger partial charge < -0.3 is 10.2 Å². The van der Waals surface area contributed by atoms with E-state index in [1.165, 1.54) is 0 Å². The summed E-state index contributed by atoms with van der Waals surface area (Å²) in [6, 6.07) is 5.93. The molecule has 0 amide bonds. The van der Waals surface area contributed by atoms with Crippen molar-refractivity contribution in [3.8, 4) is 0 Å². The average Bonchev–Trinajstić information content (AvgIpc) is 2.30. The molecule has 1 aliphatic heterocycles. The molecule has 0 unspecified atom stereocenters. The van der Waals surface area contributed by atoms with Gasteiger partial charge in [-0.1, -0.05) is 6.07 Å². The van der Waals surface area contributed by atoms with E-state index < -0.39 is 0 Å². The van der Waals surface area contributed by atoms with E-state index in [4.69, 9.17) is 0 Å². The Labute approximate surface area is 90.9 Å². The third-order valence-corrected chi connectivity index (χ3v) is 2.74. The molecular weight excluding hydrogens is 188 g/mol. The van der Waals surface area contributed by atoms with Crippen LogP contribution in [0.1, 0.15) is 0 Å². The van der Waals surface area contributed by atoms with Crippen molar-refractivity contribution in [3.05, 3.63) is 24.4 Å². The van der Waals surface area contributed by atoms with Gasteiger partial charge in [0.05, 0.1) is 6.67 Å². The third kappa shape index (κ3) is 3.18. The van der Waals surface area contributed by atoms with E-state index >= 15 is 0 Å². The molecule has 0 atom stereocenters. The van der Waals surface area contributed by atoms with Crippen molar-refractivity contribution in [3.63, 3.8) is 0 Å². The SMILES string of the molecule is CN1CCN(CNc2ccccn2)CC1. The second-order valence-corrected chi connectivity index (χ2v) is 3.97. The molecule has 4 heteroatoms. The van der Waals surface area contributed by atoms with Gasteiger partial charge in [0.2, 0.25) is 0 Å². The Morgan fingerprint density at radius 3 is 2.73 bits per heavy atom. The van der Waals surface area contributed by atoms with Gasteiger partial charge in [0.15, 0.2) is 0 Å². The number of nitrogens with one attached hydrogen (secondary N) is 1. The highest BCUT2D eigenvalue weighted by Gasteiger charge is 2.12. The summed E-state index contributed by atoms with van der Waals surface area (Å²) < 4.78 is 0. The lowest BCUT2D eigenvalue weighted by Gasteiger charge is -2.32. The van der Waals surface area contributed by atoms with Crippen molar-refractivity contribution in [1.29, 1.82) is 0 Å². The summed E-state index contributed by atoms with van der Waals surface area (Å²) in [6.45, 7) is 5.48. The predicted octanol–water partition coefficient (Wildman–Crippen LogP) is 0.698. The minimum Gasteiger partial charge on any atom is -0.357 e. The zero-order chi connectivity index (χ0) is 10.5. The number of nitrogens with zero attached hydrogens (tertiary/aromatic N) is 3. The van der Waals surface area contributed by atoms with Gasteiger partial charge in [-0.2, -0.15) is 0 Å². The van der Waals surface area contributed by atoms with Gasteiger partial charge in [0, 0.05) is 32.4 Å². The number of likely N-dealkylation sites (N-methyl/N-ethyl adjacent to an activating group) is 1. The van der Waals surface area contributed by atoms with Crippen molar-refractivity contribution in [2.45, 2.75) is 0 Å². The monoisotopic (exact) mass is 206 g/mol. The first-order chi connectivity index (χ1) is 7.34. The lowest BCUT2D eigenvalue weighted by molar-refractivity contribution is 0.162. The Bertz CT molecular complexity index is 280. The molecule has 0 radical (unpaired) electrons. The van der Waals surface area contributed by atoms with E-state index in [1.807, 2.05) is 24.4 Å². The first kappa shape index (κ1) is 10.4. The van der Waals surface area contributed by atoms with Crippen LogP contribution >= 0.6 is 0 Å². The second kappa shape index (κ2) is 5.09. The number of aromatic nitrogens is 1. The molecule has 0 bridgehead atoms. The number of hydrogen-bond donors (Lipinski definition) is 1. The van der Waals surface area contributed by atoms with Crippen molar-refractivity contribution in [2.75, 3.05) is 45.2 Å². The Morgan fingerprint density at radius 1 is 1.27 bits per heavy atom. The van der Waals surface area contributed by atoms with Crippen LogP contribution in [0, 0.1) is 0 Å². The first-order valence-electron chi connectivity index (χ1n) is 5.40. The Morgan fingerprint density at radius 2 is 2.07 bits per heavy atom. The molecule has 15 heavy (non-hydrogen) atoms. The molecule has 1 aromatic rings. The highest BCUT2D eigenvalue weighted by molar-refractivity contribution is 5.32. The summed E-state index contributed by atoms with van der Waals surface area (Å²) in [7, 11) is 2.17. The van der Waals surface area contributed by atoms with Crippen LogP contribution in [-0.2, 0) is 0 Å². The predicted molar refractivity (Wildman–Crippen MR) is 61.8 cm³/mol. The smallest absolute Gasteiger partial charge is 0.126 e. The quantitative estimate of drug-likeness (QED) is 0.789. The summed E-state index contributed by atoms with van der Waals surface area (Å²) in [4.78, 5) is 9.00. The standard InChI is InChI=1S/C11H18N4/c1-14-6-8-15(9-7-14)10-13-11-4-2-3-5-12-11/h2-5H,6-10H2,1H3,(H,12,13). The molecule has 2 heterocycles. The summed E-state index contributed by atoms with van der Waals surface area (Å²) in [6.07, 6.45) is 1.81. The highest BCUT2D eigenvalue weighted by atomic mass is 15.3. The molecule has 0 aromatic carbocycles. The normalized spacial score (nSPS) is 19.0. The van der Waals surface area contributed by atoms with Crippen molar-refractivity contribution in [1.82, 2.24) is 14.8 Å². The van der Waals surface area contributed by atoms with Gasteiger partial charge >= 0.3 is 0 Å². The van der Waals surface area contributed by atoms with E-state index in [9.17, 15) is 0 Å². The van der Waals surface area contributed by atoms with Gasteiger partial charge in [-0.3, -0.25) is 4.90 Å². The van der Waals surface area contributed by atoms with Crippen LogP contribution < -0.4 is 5.32 Å². The molecule has 1 saturated heterocycles. The summed E-state index contributed by atoms with van der Waals surface area (Å²) >= 11 is 0. The van der Waals surface area contributed by atoms with Crippen LogP contribution in [0.25, 0.3) is 0 Å². The van der Waals surface area contributed by atoms with Crippen molar-refractivity contribution >= 4 is 5.82 Å². The number of hydrogen-bond acceptors (Lipinski definition) is 4. The summed E-state index contributed by atoms with van der Waals surface area (Å²) in [5.74, 6) is 0.955. The topological polar surface area (TPSA) is 31.4 Å². The maximum Gasteiger partial charge on any atom is 0.126 e. The van der Waals surface area contributed by atoms with Crippen LogP contribution in [0.2, 0.25) is 0 Å². The average molecular weight is 206 g/mol. The minimum absolute atomic E-state index is 0.894. The van der Waals surface area contributed by atoms with Crippen LogP contribution in [0.5, 0.6) is 0 Å². The molecule has 4 nitrogen and oxygen atoms in total. The fourth-order valence-electron chi connectivity index (χ4n) is 1.67. The fraction of sp³-hybridized carbons (Fsp3) is 0.545. The lowest BCUT2D eigenvalue weighted by atomic mass is 10.3. The molecule has 1 aromatic heterocycles. The molecule has 2 rings (SSSR count). The zero-order valence-electron chi connectivity index (χ0n) is 9.19. The van der Waals surface area contributed by atoms with Gasteiger partial charge in [-0.15, -0.1) is 0 Å². The Kier molecular flexibility index (Phi) is 3.53. The third-order valence-electron chi connectivity index (χ3n) is 2.74. The van der Waals surface area contributed by atoms with E-state index in [-0.39, 0.29) is 0 Å². The number of anilines is 1. The first-order valence-corrected chi connectivity index (χ1v) is 5.40. The summed E-state index contributed by atoms with van der Waals surface area (Å²) in [5.41, 5.74) is 0. The zero-order valence-corrected chi connectivity index (χ0v) is 9.19. The summed E-state index contributed by atoms with van der Waals surface area (Å²) in [5, 5.41) is 3.33. The van der Waals surface area contributed by atoms with Crippen LogP contribution in [0.3, 0.4) is 0 Å². The fourth-order valence-corrected chi connectivity index (χ4v) is 1.67. The van der Waals surface area contributed by atoms with Gasteiger partial charge in [0.1, 0.15) is 5.82 Å². The second-order valence-electron chi connectivity index (χ2n) is 3.97. The van der Waals surface area contributed by atoms with Gasteiger partial charge in [-0.25, -0.2) is 4.98 Å². The van der Waals surface area contributed by atoms with Crippen LogP contribution in [-0.4, -0.2) is 54.7 Å². The van der Waals surface area contributed by atoms with Gasteiger partial charge in [0.25, 0.3) is 0 Å². The van der Waals surface area contributed by atoms with Crippen LogP contribution in [0.15, 0.2) is 24.4 Å². The largest absolute Gasteiger partial charge is 0.357 e. The Balaban J connectivity index is 1.74. The molecule has 1 fully saturated rings. The molecular formula is C11H18N4. The van der Waals surface area contributed by atoms with E-state index in [0.29, 0.717) is 0 Å². The van der Waals surface area contributed by atoms with Crippen molar-refractivity contribution < 1.29 is 0 Å². The minimum atomic E-state index is 0.894. The molecule has 1 aliphatic rings. The van der Waals surface area contributed by atoms with E-state index in [1.54, 1.807) is 0 Å². The van der Waals surface area contributed by atoms with Crippen LogP contribution in [0.4, 0.5) is 5.82 Å². The number of piperazine rings is 1. The maximum absolute atomic E-state index is 4.23. The van der Waals surface area contributed by atoms with E-state index in [2.05, 4.69) is 27.1 Å². The molecule has 1 N–H and O–H groups in total. The maximum atomic E-state index is 4.23. The molecule has 82 valence electrons. The molecule has 0 spiro atoms. The highest BCUT2D eigenvalue weighted by Crippen LogP contribution is 2.02. The molecule has 0 aliphatic carbocycles. The Hall–Kier alpha value is -1.13. The number of rotatable bonds is 3. The molecule has 0 saturated carbocycles. The number of pyridine rings is 1. The lowest BCUT2D eigenvalue weighted by Crippen LogP contribution is -2.46. The van der Waals surface area contributed by atoms with E-state index in [0.717, 1.165) is 38.7 Å². The van der Waals surface area contributed by atoms with Crippen molar-refractivity contribution in [2.24, 2.45) is 0 Å².